The molecule has 0 aliphatic heterocycles. The summed E-state index contributed by atoms with van der Waals surface area (Å²) in [6.07, 6.45) is 0. The standard InChI is InChI=1S/C18H31NO/c1-7-19-11-15(6)12-20-18-16(13(2)3)9-8-10-17(18)14(4)5/h8-10,13-15,19H,7,11-12H2,1-6H3. The van der Waals surface area contributed by atoms with Crippen LogP contribution in [0.5, 0.6) is 5.75 Å². The summed E-state index contributed by atoms with van der Waals surface area (Å²) in [6.45, 7) is 16.1. The van der Waals surface area contributed by atoms with Crippen LogP contribution < -0.4 is 10.1 Å². The van der Waals surface area contributed by atoms with E-state index >= 15 is 0 Å². The van der Waals surface area contributed by atoms with Gasteiger partial charge < -0.3 is 10.1 Å². The third kappa shape index (κ3) is 4.82. The van der Waals surface area contributed by atoms with Crippen LogP contribution >= 0.6 is 0 Å². The van der Waals surface area contributed by atoms with Gasteiger partial charge in [0.2, 0.25) is 0 Å². The molecule has 114 valence electrons. The van der Waals surface area contributed by atoms with Crippen molar-refractivity contribution in [2.75, 3.05) is 19.7 Å². The lowest BCUT2D eigenvalue weighted by Gasteiger charge is -2.22. The quantitative estimate of drug-likeness (QED) is 0.752. The monoisotopic (exact) mass is 277 g/mol. The zero-order chi connectivity index (χ0) is 15.1. The Morgan fingerprint density at radius 2 is 1.55 bits per heavy atom. The van der Waals surface area contributed by atoms with Crippen molar-refractivity contribution in [3.63, 3.8) is 0 Å². The first-order valence-electron chi connectivity index (χ1n) is 7.93. The van der Waals surface area contributed by atoms with Crippen molar-refractivity contribution in [2.45, 2.75) is 53.4 Å². The molecule has 0 heterocycles. The van der Waals surface area contributed by atoms with Gasteiger partial charge in [-0.15, -0.1) is 0 Å². The Bertz CT molecular complexity index is 372. The number of rotatable bonds is 8. The summed E-state index contributed by atoms with van der Waals surface area (Å²) in [5, 5.41) is 3.38. The van der Waals surface area contributed by atoms with Crippen molar-refractivity contribution < 1.29 is 4.74 Å². The van der Waals surface area contributed by atoms with Crippen LogP contribution in [0.3, 0.4) is 0 Å². The molecule has 1 atom stereocenters. The van der Waals surface area contributed by atoms with E-state index in [2.05, 4.69) is 65.1 Å². The number of nitrogens with one attached hydrogen (secondary N) is 1. The Morgan fingerprint density at radius 1 is 1.00 bits per heavy atom. The largest absolute Gasteiger partial charge is 0.493 e. The summed E-state index contributed by atoms with van der Waals surface area (Å²) >= 11 is 0. The first kappa shape index (κ1) is 17.0. The summed E-state index contributed by atoms with van der Waals surface area (Å²) in [5.74, 6) is 2.62. The van der Waals surface area contributed by atoms with Crippen LogP contribution in [0.4, 0.5) is 0 Å². The molecule has 1 aromatic rings. The normalized spacial score (nSPS) is 13.0. The molecule has 0 spiro atoms. The second-order valence-corrected chi connectivity index (χ2v) is 6.30. The first-order valence-corrected chi connectivity index (χ1v) is 7.93. The summed E-state index contributed by atoms with van der Waals surface area (Å²) in [4.78, 5) is 0. The van der Waals surface area contributed by atoms with Gasteiger partial charge in [-0.25, -0.2) is 0 Å². The number of para-hydroxylation sites is 1. The summed E-state index contributed by atoms with van der Waals surface area (Å²) in [5.41, 5.74) is 2.65. The predicted molar refractivity (Wildman–Crippen MR) is 87.8 cm³/mol. The molecule has 0 bridgehead atoms. The molecule has 0 saturated carbocycles. The zero-order valence-corrected chi connectivity index (χ0v) is 14.0. The molecule has 1 unspecified atom stereocenters. The minimum atomic E-state index is 0.493. The maximum atomic E-state index is 6.21. The maximum Gasteiger partial charge on any atom is 0.126 e. The van der Waals surface area contributed by atoms with Crippen LogP contribution in [0.15, 0.2) is 18.2 Å². The fourth-order valence-electron chi connectivity index (χ4n) is 2.32. The topological polar surface area (TPSA) is 21.3 Å². The van der Waals surface area contributed by atoms with Crippen molar-refractivity contribution in [1.29, 1.82) is 0 Å². The molecule has 0 radical (unpaired) electrons. The Hall–Kier alpha value is -1.02. The summed E-state index contributed by atoms with van der Waals surface area (Å²) < 4.78 is 6.21. The van der Waals surface area contributed by atoms with Crippen LogP contribution in [0.25, 0.3) is 0 Å². The van der Waals surface area contributed by atoms with E-state index in [0.29, 0.717) is 17.8 Å². The number of ether oxygens (including phenoxy) is 1. The van der Waals surface area contributed by atoms with Gasteiger partial charge in [-0.2, -0.15) is 0 Å². The molecule has 0 amide bonds. The summed E-state index contributed by atoms with van der Waals surface area (Å²) in [6, 6.07) is 6.54. The van der Waals surface area contributed by atoms with Crippen LogP contribution in [0.2, 0.25) is 0 Å². The minimum absolute atomic E-state index is 0.493. The highest BCUT2D eigenvalue weighted by Gasteiger charge is 2.15. The minimum Gasteiger partial charge on any atom is -0.493 e. The fourth-order valence-corrected chi connectivity index (χ4v) is 2.32. The molecule has 0 fully saturated rings. The van der Waals surface area contributed by atoms with Gasteiger partial charge in [0, 0.05) is 12.5 Å². The van der Waals surface area contributed by atoms with E-state index in [1.165, 1.54) is 11.1 Å². The van der Waals surface area contributed by atoms with E-state index < -0.39 is 0 Å². The maximum absolute atomic E-state index is 6.21. The Morgan fingerprint density at radius 3 is 2.00 bits per heavy atom. The Kier molecular flexibility index (Phi) is 7.08. The van der Waals surface area contributed by atoms with Crippen LogP contribution in [-0.4, -0.2) is 19.7 Å². The lowest BCUT2D eigenvalue weighted by atomic mass is 9.94. The van der Waals surface area contributed by atoms with E-state index in [1.807, 2.05) is 0 Å². The van der Waals surface area contributed by atoms with E-state index in [0.717, 1.165) is 25.4 Å². The van der Waals surface area contributed by atoms with Crippen molar-refractivity contribution in [1.82, 2.24) is 5.32 Å². The van der Waals surface area contributed by atoms with Gasteiger partial charge in [-0.3, -0.25) is 0 Å². The molecule has 2 nitrogen and oxygen atoms in total. The Labute approximate surface area is 124 Å². The molecule has 0 aromatic heterocycles. The second-order valence-electron chi connectivity index (χ2n) is 6.30. The third-order valence-corrected chi connectivity index (χ3v) is 3.57. The fraction of sp³-hybridized carbons (Fsp3) is 0.667. The van der Waals surface area contributed by atoms with Gasteiger partial charge in [0.1, 0.15) is 5.75 Å². The Balaban J connectivity index is 2.85. The van der Waals surface area contributed by atoms with Crippen molar-refractivity contribution in [3.05, 3.63) is 29.3 Å². The van der Waals surface area contributed by atoms with Crippen LogP contribution in [0, 0.1) is 5.92 Å². The van der Waals surface area contributed by atoms with Gasteiger partial charge in [0.05, 0.1) is 6.61 Å². The van der Waals surface area contributed by atoms with Gasteiger partial charge in [-0.05, 0) is 29.5 Å². The van der Waals surface area contributed by atoms with Gasteiger partial charge >= 0.3 is 0 Å². The highest BCUT2D eigenvalue weighted by atomic mass is 16.5. The van der Waals surface area contributed by atoms with Crippen LogP contribution in [0.1, 0.15) is 64.5 Å². The van der Waals surface area contributed by atoms with Gasteiger partial charge in [0.25, 0.3) is 0 Å². The lowest BCUT2D eigenvalue weighted by molar-refractivity contribution is 0.250. The number of hydrogen-bond donors (Lipinski definition) is 1. The van der Waals surface area contributed by atoms with Crippen molar-refractivity contribution in [3.8, 4) is 5.75 Å². The number of benzene rings is 1. The van der Waals surface area contributed by atoms with Crippen LogP contribution in [-0.2, 0) is 0 Å². The zero-order valence-electron chi connectivity index (χ0n) is 14.0. The third-order valence-electron chi connectivity index (χ3n) is 3.57. The van der Waals surface area contributed by atoms with E-state index in [9.17, 15) is 0 Å². The molecule has 0 saturated heterocycles. The molecule has 0 aliphatic carbocycles. The van der Waals surface area contributed by atoms with Gasteiger partial charge in [-0.1, -0.05) is 59.7 Å². The highest BCUT2D eigenvalue weighted by Crippen LogP contribution is 2.34. The molecule has 2 heteroatoms. The average molecular weight is 277 g/mol. The lowest BCUT2D eigenvalue weighted by Crippen LogP contribution is -2.25. The van der Waals surface area contributed by atoms with E-state index in [-0.39, 0.29) is 0 Å². The van der Waals surface area contributed by atoms with Crippen molar-refractivity contribution in [2.24, 2.45) is 5.92 Å². The molecular formula is C18H31NO. The van der Waals surface area contributed by atoms with Gasteiger partial charge in [0.15, 0.2) is 0 Å². The summed E-state index contributed by atoms with van der Waals surface area (Å²) in [7, 11) is 0. The van der Waals surface area contributed by atoms with E-state index in [4.69, 9.17) is 4.74 Å². The second kappa shape index (κ2) is 8.31. The molecule has 1 aromatic carbocycles. The molecule has 1 N–H and O–H groups in total. The molecule has 20 heavy (non-hydrogen) atoms. The number of hydrogen-bond acceptors (Lipinski definition) is 2. The SMILES string of the molecule is CCNCC(C)COc1c(C(C)C)cccc1C(C)C. The first-order chi connectivity index (χ1) is 9.47. The smallest absolute Gasteiger partial charge is 0.126 e. The van der Waals surface area contributed by atoms with Crippen molar-refractivity contribution >= 4 is 0 Å². The highest BCUT2D eigenvalue weighted by molar-refractivity contribution is 5.44. The molecule has 1 rings (SSSR count). The predicted octanol–water partition coefficient (Wildman–Crippen LogP) is 4.56. The average Bonchev–Trinajstić information content (AvgIpc) is 2.42. The molecular weight excluding hydrogens is 246 g/mol. The molecule has 0 aliphatic rings. The van der Waals surface area contributed by atoms with E-state index in [1.54, 1.807) is 0 Å².